The minimum atomic E-state index is -0.959. The standard InChI is InChI=1S/C31H45N3O5/c1-8-10-18-34(29(37)26(21(3)9-2)33-30(38)39-31(5,6)7)27(24-16-17-25(35)22(4)19-24)28(36)32-20-23-14-12-11-13-15-23/h11-17,19,21,26-27,35H,8-10,18,20H2,1-7H3,(H,32,36)(H,33,38). The number of carbonyl (C=O) groups excluding carboxylic acids is 3. The summed E-state index contributed by atoms with van der Waals surface area (Å²) in [5.74, 6) is -0.788. The van der Waals surface area contributed by atoms with Crippen LogP contribution in [0.2, 0.25) is 0 Å². The molecule has 0 heterocycles. The van der Waals surface area contributed by atoms with Crippen molar-refractivity contribution >= 4 is 17.9 Å². The molecule has 3 amide bonds. The van der Waals surface area contributed by atoms with Crippen molar-refractivity contribution in [2.24, 2.45) is 5.92 Å². The number of ether oxygens (including phenoxy) is 1. The predicted octanol–water partition coefficient (Wildman–Crippen LogP) is 5.63. The Bertz CT molecular complexity index is 1100. The van der Waals surface area contributed by atoms with Crippen molar-refractivity contribution in [3.63, 3.8) is 0 Å². The van der Waals surface area contributed by atoms with Gasteiger partial charge in [0.05, 0.1) is 0 Å². The number of nitrogens with zero attached hydrogens (tertiary/aromatic N) is 1. The first kappa shape index (κ1) is 31.7. The largest absolute Gasteiger partial charge is 0.508 e. The highest BCUT2D eigenvalue weighted by atomic mass is 16.6. The summed E-state index contributed by atoms with van der Waals surface area (Å²) in [6.07, 6.45) is 1.44. The van der Waals surface area contributed by atoms with E-state index in [4.69, 9.17) is 4.74 Å². The quantitative estimate of drug-likeness (QED) is 0.324. The topological polar surface area (TPSA) is 108 Å². The van der Waals surface area contributed by atoms with Gasteiger partial charge in [0.1, 0.15) is 23.4 Å². The van der Waals surface area contributed by atoms with Crippen LogP contribution in [0.5, 0.6) is 5.75 Å². The second-order valence-corrected chi connectivity index (χ2v) is 11.0. The number of hydrogen-bond donors (Lipinski definition) is 3. The molecule has 0 aliphatic carbocycles. The molecule has 0 radical (unpaired) electrons. The molecule has 8 heteroatoms. The third kappa shape index (κ3) is 9.61. The predicted molar refractivity (Wildman–Crippen MR) is 153 cm³/mol. The van der Waals surface area contributed by atoms with Gasteiger partial charge in [0.15, 0.2) is 0 Å². The lowest BCUT2D eigenvalue weighted by Gasteiger charge is -2.36. The number of alkyl carbamates (subject to hydrolysis) is 1. The van der Waals surface area contributed by atoms with E-state index in [-0.39, 0.29) is 23.5 Å². The highest BCUT2D eigenvalue weighted by Gasteiger charge is 2.38. The highest BCUT2D eigenvalue weighted by molar-refractivity contribution is 5.92. The zero-order valence-corrected chi connectivity index (χ0v) is 24.4. The summed E-state index contributed by atoms with van der Waals surface area (Å²) in [4.78, 5) is 42.3. The van der Waals surface area contributed by atoms with Gasteiger partial charge in [-0.3, -0.25) is 9.59 Å². The Morgan fingerprint density at radius 1 is 1.05 bits per heavy atom. The number of aromatic hydroxyl groups is 1. The number of amides is 3. The minimum Gasteiger partial charge on any atom is -0.508 e. The molecule has 0 spiro atoms. The van der Waals surface area contributed by atoms with E-state index in [2.05, 4.69) is 10.6 Å². The summed E-state index contributed by atoms with van der Waals surface area (Å²) in [5.41, 5.74) is 1.39. The smallest absolute Gasteiger partial charge is 0.408 e. The fourth-order valence-corrected chi connectivity index (χ4v) is 4.19. The van der Waals surface area contributed by atoms with Gasteiger partial charge in [0.2, 0.25) is 11.8 Å². The molecule has 0 aliphatic heterocycles. The zero-order valence-electron chi connectivity index (χ0n) is 24.4. The number of benzene rings is 2. The summed E-state index contributed by atoms with van der Waals surface area (Å²) in [5, 5.41) is 15.9. The number of unbranched alkanes of at least 4 members (excludes halogenated alkanes) is 1. The van der Waals surface area contributed by atoms with Gasteiger partial charge in [-0.05, 0) is 68.9 Å². The van der Waals surface area contributed by atoms with E-state index in [0.717, 1.165) is 12.0 Å². The first-order valence-electron chi connectivity index (χ1n) is 13.8. The van der Waals surface area contributed by atoms with Crippen LogP contribution in [-0.2, 0) is 20.9 Å². The van der Waals surface area contributed by atoms with E-state index in [1.807, 2.05) is 51.1 Å². The molecule has 214 valence electrons. The number of nitrogens with one attached hydrogen (secondary N) is 2. The molecular formula is C31H45N3O5. The normalized spacial score (nSPS) is 13.6. The van der Waals surface area contributed by atoms with Gasteiger partial charge in [0, 0.05) is 13.1 Å². The van der Waals surface area contributed by atoms with Crippen molar-refractivity contribution in [3.05, 3.63) is 65.2 Å². The maximum atomic E-state index is 14.2. The van der Waals surface area contributed by atoms with E-state index in [9.17, 15) is 19.5 Å². The van der Waals surface area contributed by atoms with Gasteiger partial charge in [-0.15, -0.1) is 0 Å². The van der Waals surface area contributed by atoms with Gasteiger partial charge in [-0.2, -0.15) is 0 Å². The molecule has 2 rings (SSSR count). The number of rotatable bonds is 12. The van der Waals surface area contributed by atoms with Crippen molar-refractivity contribution < 1.29 is 24.2 Å². The molecule has 0 saturated heterocycles. The van der Waals surface area contributed by atoms with Crippen LogP contribution in [0.4, 0.5) is 4.79 Å². The maximum absolute atomic E-state index is 14.2. The van der Waals surface area contributed by atoms with Gasteiger partial charge < -0.3 is 25.4 Å². The van der Waals surface area contributed by atoms with Crippen molar-refractivity contribution in [1.29, 1.82) is 0 Å². The van der Waals surface area contributed by atoms with Crippen LogP contribution in [0.25, 0.3) is 0 Å². The Hall–Kier alpha value is -3.55. The Morgan fingerprint density at radius 2 is 1.72 bits per heavy atom. The lowest BCUT2D eigenvalue weighted by atomic mass is 9.95. The Morgan fingerprint density at radius 3 is 2.28 bits per heavy atom. The second-order valence-electron chi connectivity index (χ2n) is 11.0. The molecule has 3 atom stereocenters. The van der Waals surface area contributed by atoms with E-state index in [1.165, 1.54) is 6.07 Å². The van der Waals surface area contributed by atoms with Crippen molar-refractivity contribution in [2.45, 2.75) is 92.0 Å². The van der Waals surface area contributed by atoms with Gasteiger partial charge in [-0.1, -0.05) is 70.0 Å². The van der Waals surface area contributed by atoms with E-state index >= 15 is 0 Å². The third-order valence-electron chi connectivity index (χ3n) is 6.59. The van der Waals surface area contributed by atoms with E-state index in [0.29, 0.717) is 37.1 Å². The summed E-state index contributed by atoms with van der Waals surface area (Å²) in [6.45, 7) is 13.5. The molecule has 2 aromatic carbocycles. The molecule has 0 saturated carbocycles. The molecule has 8 nitrogen and oxygen atoms in total. The molecule has 0 bridgehead atoms. The number of aryl methyl sites for hydroxylation is 1. The number of hydrogen-bond acceptors (Lipinski definition) is 5. The SMILES string of the molecule is CCCCN(C(=O)C(NC(=O)OC(C)(C)C)C(C)CC)C(C(=O)NCc1ccccc1)c1ccc(O)c(C)c1. The summed E-state index contributed by atoms with van der Waals surface area (Å²) in [6, 6.07) is 12.6. The molecular weight excluding hydrogens is 494 g/mol. The third-order valence-corrected chi connectivity index (χ3v) is 6.59. The number of phenolic OH excluding ortho intramolecular Hbond substituents is 1. The average molecular weight is 540 g/mol. The molecule has 0 aromatic heterocycles. The fraction of sp³-hybridized carbons (Fsp3) is 0.516. The summed E-state index contributed by atoms with van der Waals surface area (Å²) < 4.78 is 5.46. The molecule has 0 fully saturated rings. The first-order valence-corrected chi connectivity index (χ1v) is 13.8. The lowest BCUT2D eigenvalue weighted by molar-refractivity contribution is -0.143. The highest BCUT2D eigenvalue weighted by Crippen LogP contribution is 2.28. The average Bonchev–Trinajstić information content (AvgIpc) is 2.88. The number of phenols is 1. The monoisotopic (exact) mass is 539 g/mol. The molecule has 3 N–H and O–H groups in total. The Labute approximate surface area is 233 Å². The maximum Gasteiger partial charge on any atom is 0.408 e. The summed E-state index contributed by atoms with van der Waals surface area (Å²) in [7, 11) is 0. The van der Waals surface area contributed by atoms with Crippen LogP contribution >= 0.6 is 0 Å². The number of carbonyl (C=O) groups is 3. The van der Waals surface area contributed by atoms with Crippen molar-refractivity contribution in [2.75, 3.05) is 6.54 Å². The van der Waals surface area contributed by atoms with Crippen LogP contribution in [-0.4, -0.2) is 46.1 Å². The van der Waals surface area contributed by atoms with Crippen LogP contribution < -0.4 is 10.6 Å². The van der Waals surface area contributed by atoms with E-state index in [1.54, 1.807) is 44.7 Å². The molecule has 0 aliphatic rings. The second kappa shape index (κ2) is 14.6. The Kier molecular flexibility index (Phi) is 11.8. The first-order chi connectivity index (χ1) is 18.4. The fourth-order valence-electron chi connectivity index (χ4n) is 4.19. The van der Waals surface area contributed by atoms with Crippen LogP contribution in [0, 0.1) is 12.8 Å². The summed E-state index contributed by atoms with van der Waals surface area (Å²) >= 11 is 0. The Balaban J connectivity index is 2.51. The molecule has 39 heavy (non-hydrogen) atoms. The van der Waals surface area contributed by atoms with Gasteiger partial charge >= 0.3 is 6.09 Å². The minimum absolute atomic E-state index is 0.109. The van der Waals surface area contributed by atoms with Crippen LogP contribution in [0.3, 0.4) is 0 Å². The van der Waals surface area contributed by atoms with Gasteiger partial charge in [0.25, 0.3) is 0 Å². The van der Waals surface area contributed by atoms with Crippen molar-refractivity contribution in [1.82, 2.24) is 15.5 Å². The van der Waals surface area contributed by atoms with Crippen LogP contribution in [0.15, 0.2) is 48.5 Å². The molecule has 2 aromatic rings. The molecule has 3 unspecified atom stereocenters. The van der Waals surface area contributed by atoms with Crippen molar-refractivity contribution in [3.8, 4) is 5.75 Å². The lowest BCUT2D eigenvalue weighted by Crippen LogP contribution is -2.55. The van der Waals surface area contributed by atoms with E-state index < -0.39 is 23.8 Å². The zero-order chi connectivity index (χ0) is 29.2. The van der Waals surface area contributed by atoms with Gasteiger partial charge in [-0.25, -0.2) is 4.79 Å². The van der Waals surface area contributed by atoms with Crippen LogP contribution in [0.1, 0.15) is 83.5 Å².